The summed E-state index contributed by atoms with van der Waals surface area (Å²) in [4.78, 5) is 2.75. The minimum atomic E-state index is 0.239. The van der Waals surface area contributed by atoms with Crippen molar-refractivity contribution in [2.24, 2.45) is 5.92 Å². The standard InChI is InChI=1S/C16H30N2O/c1-15(2)12-18(10-14-6-4-5-9-19-14)16(3,11-17-15)13-7-8-13/h13-14,17H,4-12H2,1-3H3. The van der Waals surface area contributed by atoms with Gasteiger partial charge in [-0.25, -0.2) is 0 Å². The van der Waals surface area contributed by atoms with Crippen molar-refractivity contribution in [2.75, 3.05) is 26.2 Å². The topological polar surface area (TPSA) is 24.5 Å². The van der Waals surface area contributed by atoms with Gasteiger partial charge in [0.2, 0.25) is 0 Å². The average molecular weight is 266 g/mol. The normalized spacial score (nSPS) is 40.3. The van der Waals surface area contributed by atoms with Gasteiger partial charge in [0.25, 0.3) is 0 Å². The Labute approximate surface area is 118 Å². The molecule has 3 heteroatoms. The van der Waals surface area contributed by atoms with Gasteiger partial charge in [-0.3, -0.25) is 4.90 Å². The maximum atomic E-state index is 5.98. The van der Waals surface area contributed by atoms with Crippen molar-refractivity contribution in [3.8, 4) is 0 Å². The van der Waals surface area contributed by atoms with Crippen LogP contribution in [0.3, 0.4) is 0 Å². The van der Waals surface area contributed by atoms with E-state index in [2.05, 4.69) is 31.0 Å². The smallest absolute Gasteiger partial charge is 0.0702 e. The summed E-state index contributed by atoms with van der Waals surface area (Å²) in [6, 6.07) is 0. The fourth-order valence-corrected chi connectivity index (χ4v) is 3.82. The van der Waals surface area contributed by atoms with E-state index in [1.807, 2.05) is 0 Å². The Hall–Kier alpha value is -0.120. The molecule has 0 bridgehead atoms. The van der Waals surface area contributed by atoms with Gasteiger partial charge in [0.15, 0.2) is 0 Å². The van der Waals surface area contributed by atoms with Crippen LogP contribution in [-0.4, -0.2) is 48.3 Å². The lowest BCUT2D eigenvalue weighted by Gasteiger charge is -2.52. The van der Waals surface area contributed by atoms with Gasteiger partial charge in [-0.2, -0.15) is 0 Å². The molecule has 3 fully saturated rings. The van der Waals surface area contributed by atoms with Crippen LogP contribution in [0, 0.1) is 5.92 Å². The number of hydrogen-bond donors (Lipinski definition) is 1. The molecule has 2 unspecified atom stereocenters. The zero-order valence-corrected chi connectivity index (χ0v) is 12.9. The molecule has 0 aromatic carbocycles. The summed E-state index contributed by atoms with van der Waals surface area (Å²) in [6.07, 6.45) is 7.16. The lowest BCUT2D eigenvalue weighted by atomic mass is 9.85. The van der Waals surface area contributed by atoms with E-state index in [-0.39, 0.29) is 5.54 Å². The second-order valence-electron chi connectivity index (χ2n) is 7.74. The molecule has 3 nitrogen and oxygen atoms in total. The maximum Gasteiger partial charge on any atom is 0.0702 e. The van der Waals surface area contributed by atoms with Crippen LogP contribution in [-0.2, 0) is 4.74 Å². The molecular weight excluding hydrogens is 236 g/mol. The summed E-state index contributed by atoms with van der Waals surface area (Å²) in [5, 5.41) is 3.76. The van der Waals surface area contributed by atoms with E-state index in [9.17, 15) is 0 Å². The molecule has 1 N–H and O–H groups in total. The molecule has 3 rings (SSSR count). The van der Waals surface area contributed by atoms with Crippen LogP contribution in [0.5, 0.6) is 0 Å². The summed E-state index contributed by atoms with van der Waals surface area (Å²) in [5.41, 5.74) is 0.597. The first kappa shape index (κ1) is 13.8. The minimum Gasteiger partial charge on any atom is -0.377 e. The second-order valence-corrected chi connectivity index (χ2v) is 7.74. The quantitative estimate of drug-likeness (QED) is 0.849. The van der Waals surface area contributed by atoms with E-state index in [0.29, 0.717) is 11.6 Å². The first-order valence-corrected chi connectivity index (χ1v) is 8.11. The molecule has 0 aromatic rings. The van der Waals surface area contributed by atoms with Crippen molar-refractivity contribution in [1.29, 1.82) is 0 Å². The van der Waals surface area contributed by atoms with Crippen LogP contribution in [0.4, 0.5) is 0 Å². The van der Waals surface area contributed by atoms with Crippen LogP contribution in [0.15, 0.2) is 0 Å². The van der Waals surface area contributed by atoms with E-state index < -0.39 is 0 Å². The highest BCUT2D eigenvalue weighted by Crippen LogP contribution is 2.45. The molecule has 1 saturated carbocycles. The minimum absolute atomic E-state index is 0.239. The lowest BCUT2D eigenvalue weighted by Crippen LogP contribution is -2.69. The first-order chi connectivity index (χ1) is 9.00. The van der Waals surface area contributed by atoms with Crippen molar-refractivity contribution in [3.05, 3.63) is 0 Å². The van der Waals surface area contributed by atoms with Gasteiger partial charge in [-0.05, 0) is 58.8 Å². The van der Waals surface area contributed by atoms with Crippen LogP contribution in [0.25, 0.3) is 0 Å². The van der Waals surface area contributed by atoms with Gasteiger partial charge in [-0.1, -0.05) is 0 Å². The molecule has 2 saturated heterocycles. The second kappa shape index (κ2) is 5.01. The molecule has 2 atom stereocenters. The molecule has 0 aromatic heterocycles. The van der Waals surface area contributed by atoms with Gasteiger partial charge in [0.05, 0.1) is 6.10 Å². The number of ether oxygens (including phenoxy) is 1. The summed E-state index contributed by atoms with van der Waals surface area (Å²) < 4.78 is 5.98. The Morgan fingerprint density at radius 3 is 2.58 bits per heavy atom. The Balaban J connectivity index is 1.69. The Kier molecular flexibility index (Phi) is 3.65. The van der Waals surface area contributed by atoms with E-state index in [1.165, 1.54) is 32.1 Å². The largest absolute Gasteiger partial charge is 0.377 e. The molecule has 3 aliphatic rings. The highest BCUT2D eigenvalue weighted by atomic mass is 16.5. The number of nitrogens with one attached hydrogen (secondary N) is 1. The average Bonchev–Trinajstić information content (AvgIpc) is 3.20. The van der Waals surface area contributed by atoms with Crippen molar-refractivity contribution in [3.63, 3.8) is 0 Å². The van der Waals surface area contributed by atoms with Gasteiger partial charge < -0.3 is 10.1 Å². The van der Waals surface area contributed by atoms with Gasteiger partial charge in [0.1, 0.15) is 0 Å². The number of piperazine rings is 1. The molecule has 0 amide bonds. The fourth-order valence-electron chi connectivity index (χ4n) is 3.82. The maximum absolute atomic E-state index is 5.98. The summed E-state index contributed by atoms with van der Waals surface area (Å²) in [7, 11) is 0. The molecule has 19 heavy (non-hydrogen) atoms. The molecule has 2 aliphatic heterocycles. The molecule has 0 spiro atoms. The van der Waals surface area contributed by atoms with Gasteiger partial charge in [-0.15, -0.1) is 0 Å². The Morgan fingerprint density at radius 2 is 1.95 bits per heavy atom. The predicted octanol–water partition coefficient (Wildman–Crippen LogP) is 2.41. The van der Waals surface area contributed by atoms with Crippen LogP contribution >= 0.6 is 0 Å². The Morgan fingerprint density at radius 1 is 1.16 bits per heavy atom. The summed E-state index contributed by atoms with van der Waals surface area (Å²) >= 11 is 0. The molecule has 110 valence electrons. The number of rotatable bonds is 3. The number of nitrogens with zero attached hydrogens (tertiary/aromatic N) is 1. The lowest BCUT2D eigenvalue weighted by molar-refractivity contribution is -0.0563. The SMILES string of the molecule is CC1(C)CN(CC2CCCCO2)C(C)(C2CC2)CN1. The fraction of sp³-hybridized carbons (Fsp3) is 1.00. The van der Waals surface area contributed by atoms with E-state index in [1.54, 1.807) is 0 Å². The zero-order valence-electron chi connectivity index (χ0n) is 12.9. The van der Waals surface area contributed by atoms with Crippen molar-refractivity contribution in [2.45, 2.75) is 70.1 Å². The zero-order chi connectivity index (χ0) is 13.5. The molecule has 0 radical (unpaired) electrons. The van der Waals surface area contributed by atoms with E-state index in [4.69, 9.17) is 4.74 Å². The van der Waals surface area contributed by atoms with Crippen molar-refractivity contribution < 1.29 is 4.74 Å². The highest BCUT2D eigenvalue weighted by molar-refractivity contribution is 5.07. The first-order valence-electron chi connectivity index (χ1n) is 8.11. The van der Waals surface area contributed by atoms with Crippen molar-refractivity contribution >= 4 is 0 Å². The summed E-state index contributed by atoms with van der Waals surface area (Å²) in [5.74, 6) is 0.902. The number of hydrogen-bond acceptors (Lipinski definition) is 3. The predicted molar refractivity (Wildman–Crippen MR) is 78.4 cm³/mol. The monoisotopic (exact) mass is 266 g/mol. The third kappa shape index (κ3) is 2.98. The molecule has 1 aliphatic carbocycles. The van der Waals surface area contributed by atoms with Crippen LogP contribution < -0.4 is 5.32 Å². The Bertz CT molecular complexity index is 321. The molecular formula is C16H30N2O. The third-order valence-corrected chi connectivity index (χ3v) is 5.39. The van der Waals surface area contributed by atoms with Crippen LogP contribution in [0.1, 0.15) is 52.9 Å². The highest BCUT2D eigenvalue weighted by Gasteiger charge is 2.50. The van der Waals surface area contributed by atoms with E-state index >= 15 is 0 Å². The molecule has 2 heterocycles. The van der Waals surface area contributed by atoms with Gasteiger partial charge in [0, 0.05) is 37.3 Å². The van der Waals surface area contributed by atoms with E-state index in [0.717, 1.165) is 32.2 Å². The summed E-state index contributed by atoms with van der Waals surface area (Å²) in [6.45, 7) is 11.5. The van der Waals surface area contributed by atoms with Crippen LogP contribution in [0.2, 0.25) is 0 Å². The van der Waals surface area contributed by atoms with Crippen molar-refractivity contribution in [1.82, 2.24) is 10.2 Å². The third-order valence-electron chi connectivity index (χ3n) is 5.39. The van der Waals surface area contributed by atoms with Gasteiger partial charge >= 0.3 is 0 Å².